The normalized spacial score (nSPS) is 20.2. The van der Waals surface area contributed by atoms with E-state index in [-0.39, 0.29) is 0 Å². The van der Waals surface area contributed by atoms with Crippen molar-refractivity contribution in [3.05, 3.63) is 51.5 Å². The van der Waals surface area contributed by atoms with Crippen molar-refractivity contribution in [1.29, 1.82) is 0 Å². The molecule has 1 aliphatic heterocycles. The van der Waals surface area contributed by atoms with Crippen LogP contribution in [0.15, 0.2) is 30.3 Å². The van der Waals surface area contributed by atoms with Gasteiger partial charge in [-0.3, -0.25) is 4.40 Å². The molecule has 28 heavy (non-hydrogen) atoms. The third kappa shape index (κ3) is 3.05. The molecule has 4 aromatic rings. The highest BCUT2D eigenvalue weighted by Gasteiger charge is 2.31. The minimum absolute atomic E-state index is 0.397. The summed E-state index contributed by atoms with van der Waals surface area (Å²) in [5.41, 5.74) is 3.15. The fourth-order valence-corrected chi connectivity index (χ4v) is 5.73. The number of para-hydroxylation sites is 1. The Kier molecular flexibility index (Phi) is 4.49. The van der Waals surface area contributed by atoms with E-state index >= 15 is 0 Å². The molecule has 2 atom stereocenters. The first-order valence-electron chi connectivity index (χ1n) is 9.74. The molecule has 0 aliphatic carbocycles. The van der Waals surface area contributed by atoms with Crippen LogP contribution in [-0.4, -0.2) is 30.7 Å². The van der Waals surface area contributed by atoms with Crippen LogP contribution in [0.1, 0.15) is 41.7 Å². The molecule has 0 radical (unpaired) electrons. The highest BCUT2D eigenvalue weighted by molar-refractivity contribution is 7.71. The Labute approximate surface area is 172 Å². The van der Waals surface area contributed by atoms with E-state index in [2.05, 4.69) is 36.2 Å². The summed E-state index contributed by atoms with van der Waals surface area (Å²) in [6.45, 7) is 5.91. The number of nitrogens with one attached hydrogen (secondary N) is 1. The van der Waals surface area contributed by atoms with E-state index in [9.17, 15) is 0 Å². The van der Waals surface area contributed by atoms with Crippen molar-refractivity contribution in [2.24, 2.45) is 0 Å². The zero-order valence-corrected chi connectivity index (χ0v) is 17.7. The van der Waals surface area contributed by atoms with E-state index in [1.165, 1.54) is 27.4 Å². The van der Waals surface area contributed by atoms with Gasteiger partial charge < -0.3 is 4.90 Å². The van der Waals surface area contributed by atoms with Gasteiger partial charge in [-0.1, -0.05) is 12.1 Å². The SMILES string of the molecule is Cc1cc(C)n2c(=S)n(C[NH+]3CCCC[C@H]3c3nc4ccccc4s3)nc2n1. The number of hydrogen-bond acceptors (Lipinski definition) is 5. The summed E-state index contributed by atoms with van der Waals surface area (Å²) in [6.07, 6.45) is 3.64. The Bertz CT molecular complexity index is 1190. The van der Waals surface area contributed by atoms with Crippen molar-refractivity contribution in [3.63, 3.8) is 0 Å². The first kappa shape index (κ1) is 17.9. The zero-order chi connectivity index (χ0) is 19.3. The summed E-state index contributed by atoms with van der Waals surface area (Å²) in [6, 6.07) is 10.9. The first-order valence-corrected chi connectivity index (χ1v) is 11.0. The number of quaternary nitrogens is 1. The molecule has 0 spiro atoms. The number of aryl methyl sites for hydroxylation is 2. The average Bonchev–Trinajstić information content (AvgIpc) is 3.23. The lowest BCUT2D eigenvalue weighted by molar-refractivity contribution is -0.959. The van der Waals surface area contributed by atoms with Gasteiger partial charge in [0.25, 0.3) is 5.78 Å². The highest BCUT2D eigenvalue weighted by Crippen LogP contribution is 2.28. The van der Waals surface area contributed by atoms with Gasteiger partial charge in [0.15, 0.2) is 11.7 Å². The zero-order valence-electron chi connectivity index (χ0n) is 16.1. The molecular weight excluding hydrogens is 388 g/mol. The fraction of sp³-hybridized carbons (Fsp3) is 0.400. The molecular formula is C20H23N6S2+. The second-order valence-corrected chi connectivity index (χ2v) is 9.02. The van der Waals surface area contributed by atoms with Gasteiger partial charge in [0, 0.05) is 17.8 Å². The topological polar surface area (TPSA) is 52.5 Å². The number of nitrogens with zero attached hydrogens (tertiary/aromatic N) is 5. The number of hydrogen-bond donors (Lipinski definition) is 1. The largest absolute Gasteiger partial charge is 0.308 e. The Morgan fingerprint density at radius 1 is 1.21 bits per heavy atom. The molecule has 6 nitrogen and oxygen atoms in total. The van der Waals surface area contributed by atoms with Gasteiger partial charge >= 0.3 is 0 Å². The molecule has 144 valence electrons. The molecule has 8 heteroatoms. The van der Waals surface area contributed by atoms with Crippen LogP contribution in [0.5, 0.6) is 0 Å². The lowest BCUT2D eigenvalue weighted by atomic mass is 10.0. The van der Waals surface area contributed by atoms with Gasteiger partial charge in [0.05, 0.1) is 16.8 Å². The minimum Gasteiger partial charge on any atom is -0.308 e. The van der Waals surface area contributed by atoms with Crippen LogP contribution in [-0.2, 0) is 6.67 Å². The summed E-state index contributed by atoms with van der Waals surface area (Å²) in [4.78, 5) is 11.0. The molecule has 0 saturated carbocycles. The number of fused-ring (bicyclic) bond motifs is 2. The van der Waals surface area contributed by atoms with E-state index in [1.807, 2.05) is 33.4 Å². The van der Waals surface area contributed by atoms with Crippen molar-refractivity contribution in [2.75, 3.05) is 6.54 Å². The Hall–Kier alpha value is -2.16. The molecule has 3 aromatic heterocycles. The average molecular weight is 412 g/mol. The number of rotatable bonds is 3. The summed E-state index contributed by atoms with van der Waals surface area (Å²) in [5.74, 6) is 0.690. The second-order valence-electron chi connectivity index (χ2n) is 7.59. The molecule has 1 fully saturated rings. The van der Waals surface area contributed by atoms with Crippen LogP contribution in [0.3, 0.4) is 0 Å². The first-order chi connectivity index (χ1) is 13.6. The number of thiazole rings is 1. The second kappa shape index (κ2) is 7.02. The van der Waals surface area contributed by atoms with Gasteiger partial charge in [0.2, 0.25) is 4.77 Å². The number of aromatic nitrogens is 5. The lowest BCUT2D eigenvalue weighted by Crippen LogP contribution is -3.12. The van der Waals surface area contributed by atoms with Gasteiger partial charge in [-0.2, -0.15) is 4.68 Å². The number of benzene rings is 1. The number of piperidine rings is 1. The Morgan fingerprint density at radius 3 is 2.93 bits per heavy atom. The summed E-state index contributed by atoms with van der Waals surface area (Å²) < 4.78 is 5.91. The van der Waals surface area contributed by atoms with Crippen LogP contribution in [0, 0.1) is 18.6 Å². The minimum atomic E-state index is 0.397. The van der Waals surface area contributed by atoms with Crippen molar-refractivity contribution < 1.29 is 4.90 Å². The maximum atomic E-state index is 5.73. The Balaban J connectivity index is 1.51. The summed E-state index contributed by atoms with van der Waals surface area (Å²) in [5, 5.41) is 5.96. The van der Waals surface area contributed by atoms with Gasteiger partial charge in [0.1, 0.15) is 6.04 Å². The van der Waals surface area contributed by atoms with Crippen LogP contribution in [0.4, 0.5) is 0 Å². The standard InChI is InChI=1S/C20H22N6S2/c1-13-11-14(2)26-19(21-13)23-25(20(26)27)12-24-10-6-5-8-16(24)18-22-15-7-3-4-9-17(15)28-18/h3-4,7,9,11,16H,5-6,8,10,12H2,1-2H3/p+1/t16-/m0/s1. The van der Waals surface area contributed by atoms with Gasteiger partial charge in [-0.15, -0.1) is 16.4 Å². The number of likely N-dealkylation sites (tertiary alicyclic amines) is 1. The molecule has 0 bridgehead atoms. The van der Waals surface area contributed by atoms with Crippen molar-refractivity contribution in [2.45, 2.75) is 45.8 Å². The summed E-state index contributed by atoms with van der Waals surface area (Å²) >= 11 is 7.56. The van der Waals surface area contributed by atoms with Gasteiger partial charge in [-0.25, -0.2) is 9.97 Å². The van der Waals surface area contributed by atoms with Crippen molar-refractivity contribution in [3.8, 4) is 0 Å². The molecule has 1 unspecified atom stereocenters. The molecule has 5 rings (SSSR count). The predicted molar refractivity (Wildman–Crippen MR) is 113 cm³/mol. The predicted octanol–water partition coefficient (Wildman–Crippen LogP) is 3.25. The van der Waals surface area contributed by atoms with Crippen molar-refractivity contribution in [1.82, 2.24) is 24.1 Å². The van der Waals surface area contributed by atoms with Crippen LogP contribution < -0.4 is 4.90 Å². The molecule has 1 aliphatic rings. The van der Waals surface area contributed by atoms with E-state index in [0.717, 1.165) is 41.3 Å². The Morgan fingerprint density at radius 2 is 2.07 bits per heavy atom. The monoisotopic (exact) mass is 411 g/mol. The van der Waals surface area contributed by atoms with E-state index in [0.29, 0.717) is 11.8 Å². The molecule has 0 amide bonds. The van der Waals surface area contributed by atoms with E-state index in [4.69, 9.17) is 22.3 Å². The van der Waals surface area contributed by atoms with E-state index < -0.39 is 0 Å². The molecule has 4 heterocycles. The molecule has 1 saturated heterocycles. The van der Waals surface area contributed by atoms with Crippen LogP contribution >= 0.6 is 23.6 Å². The highest BCUT2D eigenvalue weighted by atomic mass is 32.1. The maximum absolute atomic E-state index is 5.73. The van der Waals surface area contributed by atoms with Crippen molar-refractivity contribution >= 4 is 39.5 Å². The van der Waals surface area contributed by atoms with Crippen LogP contribution in [0.25, 0.3) is 16.0 Å². The lowest BCUT2D eigenvalue weighted by Gasteiger charge is -2.30. The smallest absolute Gasteiger partial charge is 0.254 e. The summed E-state index contributed by atoms with van der Waals surface area (Å²) in [7, 11) is 0. The maximum Gasteiger partial charge on any atom is 0.254 e. The molecule has 1 N–H and O–H groups in total. The van der Waals surface area contributed by atoms with Crippen LogP contribution in [0.2, 0.25) is 0 Å². The fourth-order valence-electron chi connectivity index (χ4n) is 4.23. The molecule has 1 aromatic carbocycles. The quantitative estimate of drug-likeness (QED) is 0.526. The van der Waals surface area contributed by atoms with Gasteiger partial charge in [-0.05, 0) is 57.1 Å². The third-order valence-corrected chi connectivity index (χ3v) is 7.11. The van der Waals surface area contributed by atoms with E-state index in [1.54, 1.807) is 0 Å². The third-order valence-electron chi connectivity index (χ3n) is 5.56.